The number of amides is 2. The fraction of sp³-hybridized carbons (Fsp3) is 0.714. The van der Waals surface area contributed by atoms with E-state index in [-0.39, 0.29) is 0 Å². The van der Waals surface area contributed by atoms with Crippen molar-refractivity contribution in [1.29, 1.82) is 0 Å². The van der Waals surface area contributed by atoms with Crippen molar-refractivity contribution in [3.63, 3.8) is 0 Å². The maximum atomic E-state index is 10.5. The predicted molar refractivity (Wildman–Crippen MR) is 43.2 cm³/mol. The minimum absolute atomic E-state index is 0.322. The third-order valence-electron chi connectivity index (χ3n) is 1.52. The summed E-state index contributed by atoms with van der Waals surface area (Å²) in [6.45, 7) is 1.98. The van der Waals surface area contributed by atoms with Crippen LogP contribution in [-0.2, 0) is 0 Å². The molecule has 0 fully saturated rings. The Balaban J connectivity index is 2.37. The first-order valence-electron chi connectivity index (χ1n) is 3.93. The molecule has 0 bridgehead atoms. The fourth-order valence-corrected chi connectivity index (χ4v) is 0.988. The molecule has 0 saturated carbocycles. The maximum Gasteiger partial charge on any atom is 0.387 e. The molecule has 0 aromatic rings. The van der Waals surface area contributed by atoms with E-state index in [0.29, 0.717) is 18.7 Å². The Morgan fingerprint density at radius 2 is 2.25 bits per heavy atom. The van der Waals surface area contributed by atoms with Crippen LogP contribution in [-0.4, -0.2) is 23.1 Å². The molecule has 1 aliphatic heterocycles. The van der Waals surface area contributed by atoms with Gasteiger partial charge in [0.2, 0.25) is 0 Å². The number of aliphatic hydroxyl groups is 1. The first-order chi connectivity index (χ1) is 5.72. The Morgan fingerprint density at radius 1 is 1.50 bits per heavy atom. The number of urea groups is 1. The molecule has 0 aliphatic carbocycles. The van der Waals surface area contributed by atoms with Gasteiger partial charge in [0.25, 0.3) is 0 Å². The third kappa shape index (κ3) is 2.50. The summed E-state index contributed by atoms with van der Waals surface area (Å²) in [5.41, 5.74) is 0. The Kier molecular flexibility index (Phi) is 3.04. The molecule has 0 spiro atoms. The van der Waals surface area contributed by atoms with Gasteiger partial charge in [0.05, 0.1) is 6.10 Å². The molecule has 5 heteroatoms. The van der Waals surface area contributed by atoms with E-state index in [1.807, 2.05) is 6.92 Å². The molecule has 1 aliphatic rings. The van der Waals surface area contributed by atoms with Crippen LogP contribution in [0.3, 0.4) is 0 Å². The van der Waals surface area contributed by atoms with Crippen LogP contribution in [0.25, 0.3) is 0 Å². The number of carbonyl (C=O) groups excluding carboxylic acids is 1. The second-order valence-corrected chi connectivity index (χ2v) is 2.66. The van der Waals surface area contributed by atoms with Crippen molar-refractivity contribution in [1.82, 2.24) is 0 Å². The lowest BCUT2D eigenvalue weighted by atomic mass is 10.1. The number of carbonyl (C=O) groups is 1. The van der Waals surface area contributed by atoms with Crippen LogP contribution < -0.4 is 0 Å². The van der Waals surface area contributed by atoms with Crippen molar-refractivity contribution in [3.05, 3.63) is 0 Å². The summed E-state index contributed by atoms with van der Waals surface area (Å²) in [6, 6.07) is -0.575. The predicted octanol–water partition coefficient (Wildman–Crippen LogP) is 1.52. The highest BCUT2D eigenvalue weighted by Gasteiger charge is 2.13. The van der Waals surface area contributed by atoms with Gasteiger partial charge in [0.1, 0.15) is 0 Å². The van der Waals surface area contributed by atoms with Crippen molar-refractivity contribution in [2.75, 3.05) is 0 Å². The minimum Gasteiger partial charge on any atom is -0.393 e. The fourth-order valence-electron chi connectivity index (χ4n) is 0.988. The number of nitrogens with zero attached hydrogens (tertiary/aromatic N) is 3. The van der Waals surface area contributed by atoms with Crippen molar-refractivity contribution >= 4 is 11.9 Å². The Hall–Kier alpha value is -1.10. The number of aliphatic imine (C=N–C) groups is 1. The van der Waals surface area contributed by atoms with Gasteiger partial charge in [-0.05, 0) is 6.42 Å². The first kappa shape index (κ1) is 8.99. The van der Waals surface area contributed by atoms with E-state index < -0.39 is 12.1 Å². The largest absolute Gasteiger partial charge is 0.393 e. The normalized spacial score (nSPS) is 18.2. The molecule has 1 atom stereocenters. The Labute approximate surface area is 70.2 Å². The van der Waals surface area contributed by atoms with E-state index in [2.05, 4.69) is 15.2 Å². The average Bonchev–Trinajstić information content (AvgIpc) is 2.36. The molecule has 2 amide bonds. The highest BCUT2D eigenvalue weighted by molar-refractivity contribution is 5.98. The topological polar surface area (TPSA) is 74.4 Å². The maximum absolute atomic E-state index is 10.5. The standard InChI is InChI=1S/C7H11N3O2/c1-2-3-5(11)4-6-8-7(12)10-9-6/h5,11H,2-4H2,1H3/t5-/m1/s1. The molecule has 0 radical (unpaired) electrons. The van der Waals surface area contributed by atoms with Gasteiger partial charge in [0.15, 0.2) is 5.84 Å². The average molecular weight is 169 g/mol. The molecule has 0 unspecified atom stereocenters. The zero-order chi connectivity index (χ0) is 8.97. The molecular formula is C7H11N3O2. The number of hydrogen-bond acceptors (Lipinski definition) is 3. The lowest BCUT2D eigenvalue weighted by Gasteiger charge is -2.04. The second kappa shape index (κ2) is 4.06. The molecule has 0 aromatic heterocycles. The molecule has 12 heavy (non-hydrogen) atoms. The molecular weight excluding hydrogens is 158 g/mol. The van der Waals surface area contributed by atoms with Gasteiger partial charge in [-0.3, -0.25) is 0 Å². The Morgan fingerprint density at radius 3 is 2.75 bits per heavy atom. The molecule has 66 valence electrons. The van der Waals surface area contributed by atoms with Crippen LogP contribution in [0.5, 0.6) is 0 Å². The number of aliphatic hydroxyl groups excluding tert-OH is 1. The van der Waals surface area contributed by atoms with Crippen molar-refractivity contribution < 1.29 is 9.90 Å². The monoisotopic (exact) mass is 169 g/mol. The van der Waals surface area contributed by atoms with E-state index in [0.717, 1.165) is 6.42 Å². The summed E-state index contributed by atoms with van der Waals surface area (Å²) in [6.07, 6.45) is 1.46. The molecule has 5 nitrogen and oxygen atoms in total. The van der Waals surface area contributed by atoms with Gasteiger partial charge in [-0.25, -0.2) is 4.79 Å². The van der Waals surface area contributed by atoms with Gasteiger partial charge < -0.3 is 5.11 Å². The van der Waals surface area contributed by atoms with Crippen molar-refractivity contribution in [2.45, 2.75) is 32.3 Å². The summed E-state index contributed by atoms with van der Waals surface area (Å²) >= 11 is 0. The number of amidine groups is 1. The first-order valence-corrected chi connectivity index (χ1v) is 3.93. The number of rotatable bonds is 4. The van der Waals surface area contributed by atoms with E-state index in [1.165, 1.54) is 0 Å². The van der Waals surface area contributed by atoms with E-state index >= 15 is 0 Å². The Bertz CT molecular complexity index is 235. The van der Waals surface area contributed by atoms with Crippen LogP contribution in [0, 0.1) is 0 Å². The van der Waals surface area contributed by atoms with Gasteiger partial charge in [-0.1, -0.05) is 18.5 Å². The van der Waals surface area contributed by atoms with Crippen LogP contribution in [0.1, 0.15) is 26.2 Å². The quantitative estimate of drug-likeness (QED) is 0.692. The summed E-state index contributed by atoms with van der Waals surface area (Å²) in [5.74, 6) is 0.334. The lowest BCUT2D eigenvalue weighted by molar-refractivity contribution is 0.171. The van der Waals surface area contributed by atoms with E-state index in [9.17, 15) is 9.90 Å². The summed E-state index contributed by atoms with van der Waals surface area (Å²) in [7, 11) is 0. The molecule has 0 aromatic carbocycles. The number of hydrogen-bond donors (Lipinski definition) is 1. The lowest BCUT2D eigenvalue weighted by Crippen LogP contribution is -2.10. The van der Waals surface area contributed by atoms with Gasteiger partial charge in [-0.2, -0.15) is 4.99 Å². The zero-order valence-electron chi connectivity index (χ0n) is 6.90. The van der Waals surface area contributed by atoms with Gasteiger partial charge in [0, 0.05) is 6.42 Å². The molecule has 1 N–H and O–H groups in total. The second-order valence-electron chi connectivity index (χ2n) is 2.66. The smallest absolute Gasteiger partial charge is 0.387 e. The molecule has 1 heterocycles. The summed E-state index contributed by atoms with van der Waals surface area (Å²) in [4.78, 5) is 14.0. The summed E-state index contributed by atoms with van der Waals surface area (Å²) < 4.78 is 0. The minimum atomic E-state index is -0.575. The highest BCUT2D eigenvalue weighted by atomic mass is 16.3. The van der Waals surface area contributed by atoms with E-state index in [4.69, 9.17) is 0 Å². The van der Waals surface area contributed by atoms with Crippen molar-refractivity contribution in [2.24, 2.45) is 15.2 Å². The van der Waals surface area contributed by atoms with Crippen LogP contribution in [0.4, 0.5) is 4.79 Å². The highest BCUT2D eigenvalue weighted by Crippen LogP contribution is 2.08. The van der Waals surface area contributed by atoms with Gasteiger partial charge >= 0.3 is 6.03 Å². The van der Waals surface area contributed by atoms with Crippen molar-refractivity contribution in [3.8, 4) is 0 Å². The SMILES string of the molecule is CCC[C@@H](O)CC1=NC(=O)N=N1. The zero-order valence-corrected chi connectivity index (χ0v) is 6.90. The van der Waals surface area contributed by atoms with Gasteiger partial charge in [-0.15, -0.1) is 5.11 Å². The van der Waals surface area contributed by atoms with Crippen LogP contribution >= 0.6 is 0 Å². The van der Waals surface area contributed by atoms with Crippen LogP contribution in [0.15, 0.2) is 15.2 Å². The molecule has 0 saturated heterocycles. The van der Waals surface area contributed by atoms with Crippen LogP contribution in [0.2, 0.25) is 0 Å². The third-order valence-corrected chi connectivity index (χ3v) is 1.52. The molecule has 1 rings (SSSR count). The summed E-state index contributed by atoms with van der Waals surface area (Å²) in [5, 5.41) is 16.0. The number of azo groups is 1. The van der Waals surface area contributed by atoms with E-state index in [1.54, 1.807) is 0 Å².